The largest absolute Gasteiger partial charge is 0.443 e. The fourth-order valence-electron chi connectivity index (χ4n) is 3.30. The number of nitrogens with zero attached hydrogens (tertiary/aromatic N) is 3. The van der Waals surface area contributed by atoms with Crippen LogP contribution < -0.4 is 5.32 Å². The smallest absolute Gasteiger partial charge is 0.236 e. The van der Waals surface area contributed by atoms with Crippen LogP contribution in [0.15, 0.2) is 68.4 Å². The van der Waals surface area contributed by atoms with Gasteiger partial charge in [-0.3, -0.25) is 4.99 Å². The van der Waals surface area contributed by atoms with Gasteiger partial charge < -0.3 is 14.6 Å². The summed E-state index contributed by atoms with van der Waals surface area (Å²) in [6.07, 6.45) is 2.92. The van der Waals surface area contributed by atoms with Crippen molar-refractivity contribution in [3.8, 4) is 10.8 Å². The van der Waals surface area contributed by atoms with Gasteiger partial charge in [0.25, 0.3) is 0 Å². The number of benzene rings is 1. The number of aromatic nitrogens is 1. The van der Waals surface area contributed by atoms with Crippen LogP contribution in [-0.2, 0) is 6.54 Å². The Kier molecular flexibility index (Phi) is 6.34. The van der Waals surface area contributed by atoms with Gasteiger partial charge in [-0.05, 0) is 35.9 Å². The molecule has 1 unspecified atom stereocenters. The molecule has 2 aromatic heterocycles. The Morgan fingerprint density at radius 1 is 1.32 bits per heavy atom. The average molecular weight is 413 g/mol. The molecule has 3 aromatic rings. The van der Waals surface area contributed by atoms with Gasteiger partial charge in [0.15, 0.2) is 5.96 Å². The number of hydrogen-bond acceptors (Lipinski definition) is 5. The van der Waals surface area contributed by atoms with Crippen molar-refractivity contribution in [2.24, 2.45) is 10.9 Å². The van der Waals surface area contributed by atoms with Crippen molar-refractivity contribution >= 4 is 29.1 Å². The summed E-state index contributed by atoms with van der Waals surface area (Å²) in [4.78, 5) is 13.8. The van der Waals surface area contributed by atoms with Crippen molar-refractivity contribution in [1.29, 1.82) is 0 Å². The lowest BCUT2D eigenvalue weighted by Crippen LogP contribution is -2.39. The minimum absolute atomic E-state index is 0.613. The highest BCUT2D eigenvalue weighted by Gasteiger charge is 2.25. The van der Waals surface area contributed by atoms with Crippen molar-refractivity contribution < 1.29 is 4.42 Å². The number of aliphatic imine (C=N–C) groups is 1. The molecule has 0 saturated carbocycles. The van der Waals surface area contributed by atoms with E-state index in [4.69, 9.17) is 4.42 Å². The molecule has 1 fully saturated rings. The van der Waals surface area contributed by atoms with E-state index in [9.17, 15) is 0 Å². The third-order valence-corrected chi connectivity index (χ3v) is 6.84. The summed E-state index contributed by atoms with van der Waals surface area (Å²) in [6.45, 7) is 2.69. The number of thioether (sulfide) groups is 1. The number of oxazole rings is 1. The molecule has 1 aliphatic heterocycles. The molecule has 0 aliphatic carbocycles. The summed E-state index contributed by atoms with van der Waals surface area (Å²) in [5.74, 6) is 3.44. The van der Waals surface area contributed by atoms with E-state index in [-0.39, 0.29) is 0 Å². The first-order valence-corrected chi connectivity index (χ1v) is 11.3. The third kappa shape index (κ3) is 4.77. The molecule has 0 radical (unpaired) electrons. The molecule has 4 rings (SSSR count). The molecule has 1 saturated heterocycles. The summed E-state index contributed by atoms with van der Waals surface area (Å²) >= 11 is 3.57. The monoisotopic (exact) mass is 412 g/mol. The van der Waals surface area contributed by atoms with Crippen molar-refractivity contribution in [2.75, 3.05) is 25.9 Å². The van der Waals surface area contributed by atoms with Gasteiger partial charge in [-0.2, -0.15) is 0 Å². The van der Waals surface area contributed by atoms with E-state index >= 15 is 0 Å². The zero-order valence-electron chi connectivity index (χ0n) is 15.9. The average Bonchev–Trinajstić information content (AvgIpc) is 3.49. The van der Waals surface area contributed by atoms with Crippen LogP contribution in [0, 0.1) is 5.92 Å². The van der Waals surface area contributed by atoms with E-state index in [1.807, 2.05) is 36.3 Å². The van der Waals surface area contributed by atoms with Crippen molar-refractivity contribution in [3.63, 3.8) is 0 Å². The zero-order chi connectivity index (χ0) is 19.2. The second-order valence-corrected chi connectivity index (χ2v) is 8.79. The molecule has 1 atom stereocenters. The van der Waals surface area contributed by atoms with E-state index in [1.54, 1.807) is 17.6 Å². The molecule has 3 heterocycles. The van der Waals surface area contributed by atoms with Gasteiger partial charge in [0, 0.05) is 30.8 Å². The molecule has 0 amide bonds. The maximum absolute atomic E-state index is 5.59. The van der Waals surface area contributed by atoms with Crippen molar-refractivity contribution in [2.45, 2.75) is 17.9 Å². The Morgan fingerprint density at radius 3 is 3.00 bits per heavy atom. The fraction of sp³-hybridized carbons (Fsp3) is 0.333. The van der Waals surface area contributed by atoms with Crippen LogP contribution in [0.3, 0.4) is 0 Å². The van der Waals surface area contributed by atoms with Crippen LogP contribution in [0.2, 0.25) is 0 Å². The summed E-state index contributed by atoms with van der Waals surface area (Å²) in [7, 11) is 1.84. The molecule has 7 heteroatoms. The van der Waals surface area contributed by atoms with Gasteiger partial charge in [0.2, 0.25) is 5.89 Å². The molecule has 146 valence electrons. The normalized spacial score (nSPS) is 17.2. The van der Waals surface area contributed by atoms with E-state index in [0.29, 0.717) is 18.4 Å². The number of thiophene rings is 1. The summed E-state index contributed by atoms with van der Waals surface area (Å²) < 4.78 is 5.59. The lowest BCUT2D eigenvalue weighted by molar-refractivity contribution is 0.473. The lowest BCUT2D eigenvalue weighted by Gasteiger charge is -2.21. The Hall–Kier alpha value is -2.25. The highest BCUT2D eigenvalue weighted by Crippen LogP contribution is 2.26. The van der Waals surface area contributed by atoms with Gasteiger partial charge in [0.05, 0.1) is 17.1 Å². The molecule has 0 spiro atoms. The Morgan fingerprint density at radius 2 is 2.21 bits per heavy atom. The quantitative estimate of drug-likeness (QED) is 0.364. The third-order valence-electron chi connectivity index (χ3n) is 4.74. The van der Waals surface area contributed by atoms with Gasteiger partial charge in [-0.15, -0.1) is 23.1 Å². The fourth-order valence-corrected chi connectivity index (χ4v) is 5.00. The minimum atomic E-state index is 0.613. The second kappa shape index (κ2) is 9.30. The second-order valence-electron chi connectivity index (χ2n) is 6.75. The molecule has 1 aliphatic rings. The lowest BCUT2D eigenvalue weighted by atomic mass is 10.2. The predicted molar refractivity (Wildman–Crippen MR) is 117 cm³/mol. The number of nitrogens with one attached hydrogen (secondary N) is 1. The number of likely N-dealkylation sites (tertiary alicyclic amines) is 1. The molecule has 1 aromatic carbocycles. The molecule has 5 nitrogen and oxygen atoms in total. The highest BCUT2D eigenvalue weighted by molar-refractivity contribution is 7.99. The summed E-state index contributed by atoms with van der Waals surface area (Å²) in [6, 6.07) is 14.6. The number of guanidine groups is 1. The maximum Gasteiger partial charge on any atom is 0.236 e. The van der Waals surface area contributed by atoms with E-state index in [2.05, 4.69) is 50.5 Å². The highest BCUT2D eigenvalue weighted by atomic mass is 32.2. The Labute approximate surface area is 173 Å². The molecular weight excluding hydrogens is 388 g/mol. The van der Waals surface area contributed by atoms with Crippen LogP contribution in [0.1, 0.15) is 12.1 Å². The van der Waals surface area contributed by atoms with Gasteiger partial charge in [-0.25, -0.2) is 4.98 Å². The van der Waals surface area contributed by atoms with Crippen LogP contribution in [0.25, 0.3) is 10.8 Å². The zero-order valence-corrected chi connectivity index (χ0v) is 17.5. The predicted octanol–water partition coefficient (Wildman–Crippen LogP) is 4.59. The van der Waals surface area contributed by atoms with Crippen LogP contribution in [-0.4, -0.2) is 41.7 Å². The Bertz CT molecular complexity index is 892. The molecule has 28 heavy (non-hydrogen) atoms. The molecule has 1 N–H and O–H groups in total. The first-order chi connectivity index (χ1) is 13.8. The summed E-state index contributed by atoms with van der Waals surface area (Å²) in [5.41, 5.74) is 0.889. The molecular formula is C21H24N4OS2. The molecule has 0 bridgehead atoms. The van der Waals surface area contributed by atoms with Crippen molar-refractivity contribution in [3.05, 3.63) is 59.8 Å². The first-order valence-electron chi connectivity index (χ1n) is 9.43. The SMILES string of the molecule is CN=C(NCc1coc(-c2cccs2)n1)N1CCC(CSc2ccccc2)C1. The Balaban J connectivity index is 1.26. The van der Waals surface area contributed by atoms with Crippen molar-refractivity contribution in [1.82, 2.24) is 15.2 Å². The van der Waals surface area contributed by atoms with E-state index < -0.39 is 0 Å². The van der Waals surface area contributed by atoms with Gasteiger partial charge in [0.1, 0.15) is 6.26 Å². The number of hydrogen-bond donors (Lipinski definition) is 1. The first kappa shape index (κ1) is 19.1. The van der Waals surface area contributed by atoms with Gasteiger partial charge >= 0.3 is 0 Å². The maximum atomic E-state index is 5.59. The van der Waals surface area contributed by atoms with Crippen LogP contribution >= 0.6 is 23.1 Å². The topological polar surface area (TPSA) is 53.7 Å². The van der Waals surface area contributed by atoms with E-state index in [1.165, 1.54) is 11.3 Å². The number of rotatable bonds is 6. The van der Waals surface area contributed by atoms with Crippen LogP contribution in [0.5, 0.6) is 0 Å². The minimum Gasteiger partial charge on any atom is -0.443 e. The van der Waals surface area contributed by atoms with Gasteiger partial charge in [-0.1, -0.05) is 24.3 Å². The van der Waals surface area contributed by atoms with Crippen LogP contribution in [0.4, 0.5) is 0 Å². The standard InChI is InChI=1S/C21H24N4OS2/c1-22-21(23-12-17-14-26-20(24-17)19-8-5-11-27-19)25-10-9-16(13-25)15-28-18-6-3-2-4-7-18/h2-8,11,14,16H,9-10,12-13,15H2,1H3,(H,22,23). The van der Waals surface area contributed by atoms with E-state index in [0.717, 1.165) is 35.4 Å². The summed E-state index contributed by atoms with van der Waals surface area (Å²) in [5, 5.41) is 5.46.